The number of hydrogen-bond acceptors (Lipinski definition) is 5. The molecule has 1 heterocycles. The molecule has 0 spiro atoms. The normalized spacial score (nSPS) is 17.6. The van der Waals surface area contributed by atoms with E-state index in [1.807, 2.05) is 0 Å². The standard InChI is InChI=1S/C28H53NO4S/c1-2-3-4-5-6-7-8-9-10-11-12-13-14-15-16-17-18-20-23-29(26(25-34)28(30)31)33-27-22-19-21-24-32-27/h13-14,26-27,34H,2-12,15-25H2,1H3,(H,30,31)/b14-13-/t26?,27-/m1/s1. The third-order valence-electron chi connectivity index (χ3n) is 6.59. The molecule has 2 atom stereocenters. The molecule has 1 unspecified atom stereocenters. The summed E-state index contributed by atoms with van der Waals surface area (Å²) in [6.45, 7) is 3.56. The molecule has 0 aliphatic carbocycles. The fourth-order valence-electron chi connectivity index (χ4n) is 4.39. The molecule has 1 aliphatic rings. The van der Waals surface area contributed by atoms with Crippen LogP contribution in [0, 0.1) is 0 Å². The van der Waals surface area contributed by atoms with Crippen LogP contribution in [0.3, 0.4) is 0 Å². The van der Waals surface area contributed by atoms with Gasteiger partial charge in [-0.15, -0.1) is 0 Å². The number of allylic oxidation sites excluding steroid dienone is 2. The molecule has 0 saturated carbocycles. The zero-order valence-electron chi connectivity index (χ0n) is 21.9. The first-order valence-corrected chi connectivity index (χ1v) is 14.9. The molecule has 1 aliphatic heterocycles. The number of thiol groups is 1. The Kier molecular flexibility index (Phi) is 21.2. The largest absolute Gasteiger partial charge is 0.480 e. The van der Waals surface area contributed by atoms with E-state index in [2.05, 4.69) is 31.7 Å². The summed E-state index contributed by atoms with van der Waals surface area (Å²) in [5, 5.41) is 11.1. The van der Waals surface area contributed by atoms with Crippen LogP contribution >= 0.6 is 12.6 Å². The van der Waals surface area contributed by atoms with Gasteiger partial charge in [-0.25, -0.2) is 0 Å². The van der Waals surface area contributed by atoms with Gasteiger partial charge in [-0.1, -0.05) is 89.7 Å². The van der Waals surface area contributed by atoms with Crippen LogP contribution in [0.25, 0.3) is 0 Å². The van der Waals surface area contributed by atoms with Crippen LogP contribution in [0.1, 0.15) is 129 Å². The summed E-state index contributed by atoms with van der Waals surface area (Å²) in [6, 6.07) is -0.734. The maximum atomic E-state index is 11.6. The Labute approximate surface area is 215 Å². The summed E-state index contributed by atoms with van der Waals surface area (Å²) in [7, 11) is 0. The number of ether oxygens (including phenoxy) is 1. The van der Waals surface area contributed by atoms with Gasteiger partial charge >= 0.3 is 5.97 Å². The molecule has 1 N–H and O–H groups in total. The van der Waals surface area contributed by atoms with Gasteiger partial charge in [0.05, 0.1) is 0 Å². The maximum absolute atomic E-state index is 11.6. The predicted molar refractivity (Wildman–Crippen MR) is 145 cm³/mol. The van der Waals surface area contributed by atoms with Crippen LogP contribution < -0.4 is 0 Å². The van der Waals surface area contributed by atoms with Crippen LogP contribution in [0.4, 0.5) is 0 Å². The van der Waals surface area contributed by atoms with Crippen molar-refractivity contribution in [1.29, 1.82) is 0 Å². The number of carbonyl (C=O) groups is 1. The average Bonchev–Trinajstić information content (AvgIpc) is 2.84. The average molecular weight is 500 g/mol. The second-order valence-electron chi connectivity index (χ2n) is 9.72. The second kappa shape index (κ2) is 22.9. The number of carboxylic acid groups (broad SMARTS) is 1. The smallest absolute Gasteiger partial charge is 0.324 e. The minimum Gasteiger partial charge on any atom is -0.480 e. The van der Waals surface area contributed by atoms with Crippen molar-refractivity contribution in [1.82, 2.24) is 5.06 Å². The molecule has 0 aromatic carbocycles. The van der Waals surface area contributed by atoms with Crippen molar-refractivity contribution in [3.05, 3.63) is 12.2 Å². The van der Waals surface area contributed by atoms with Crippen LogP contribution in [0.15, 0.2) is 12.2 Å². The Morgan fingerprint density at radius 3 is 2.00 bits per heavy atom. The Balaban J connectivity index is 2.01. The summed E-state index contributed by atoms with van der Waals surface area (Å²) in [6.07, 6.45) is 27.9. The Morgan fingerprint density at radius 2 is 1.50 bits per heavy atom. The number of carboxylic acids is 1. The van der Waals surface area contributed by atoms with E-state index in [0.29, 0.717) is 13.2 Å². The van der Waals surface area contributed by atoms with Crippen LogP contribution in [0.2, 0.25) is 0 Å². The molecule has 0 aromatic rings. The van der Waals surface area contributed by atoms with Gasteiger partial charge in [0, 0.05) is 25.3 Å². The number of hydrogen-bond donors (Lipinski definition) is 2. The highest BCUT2D eigenvalue weighted by atomic mass is 32.1. The highest BCUT2D eigenvalue weighted by molar-refractivity contribution is 7.80. The van der Waals surface area contributed by atoms with E-state index in [0.717, 1.165) is 44.9 Å². The van der Waals surface area contributed by atoms with E-state index in [9.17, 15) is 9.90 Å². The van der Waals surface area contributed by atoms with Crippen molar-refractivity contribution in [3.8, 4) is 0 Å². The fourth-order valence-corrected chi connectivity index (χ4v) is 4.73. The van der Waals surface area contributed by atoms with E-state index >= 15 is 0 Å². The minimum atomic E-state index is -0.890. The van der Waals surface area contributed by atoms with Crippen molar-refractivity contribution < 1.29 is 19.5 Å². The first-order chi connectivity index (χ1) is 16.7. The Hall–Kier alpha value is -0.560. The third kappa shape index (κ3) is 17.0. The van der Waals surface area contributed by atoms with E-state index < -0.39 is 12.0 Å². The third-order valence-corrected chi connectivity index (χ3v) is 6.93. The number of rotatable bonds is 23. The van der Waals surface area contributed by atoms with Gasteiger partial charge < -0.3 is 9.84 Å². The molecule has 6 heteroatoms. The number of aliphatic carboxylic acids is 1. The van der Waals surface area contributed by atoms with E-state index in [1.165, 1.54) is 77.0 Å². The van der Waals surface area contributed by atoms with Crippen molar-refractivity contribution >= 4 is 18.6 Å². The molecule has 5 nitrogen and oxygen atoms in total. The number of nitrogens with zero attached hydrogens (tertiary/aromatic N) is 1. The topological polar surface area (TPSA) is 59.0 Å². The number of unbranched alkanes of at least 4 members (excludes halogenated alkanes) is 14. The van der Waals surface area contributed by atoms with E-state index in [-0.39, 0.29) is 12.0 Å². The lowest BCUT2D eigenvalue weighted by Gasteiger charge is -2.32. The summed E-state index contributed by atoms with van der Waals surface area (Å²) < 4.78 is 5.63. The molecular formula is C28H53NO4S. The molecule has 0 aromatic heterocycles. The molecule has 0 amide bonds. The van der Waals surface area contributed by atoms with Gasteiger partial charge in [0.25, 0.3) is 0 Å². The van der Waals surface area contributed by atoms with Crippen molar-refractivity contribution in [2.75, 3.05) is 18.9 Å². The van der Waals surface area contributed by atoms with Crippen LogP contribution in [-0.2, 0) is 14.4 Å². The monoisotopic (exact) mass is 499 g/mol. The molecule has 1 fully saturated rings. The summed E-state index contributed by atoms with van der Waals surface area (Å²) in [4.78, 5) is 17.5. The molecule has 34 heavy (non-hydrogen) atoms. The molecule has 0 bridgehead atoms. The maximum Gasteiger partial charge on any atom is 0.324 e. The van der Waals surface area contributed by atoms with Crippen LogP contribution in [0.5, 0.6) is 0 Å². The first kappa shape index (κ1) is 31.5. The second-order valence-corrected chi connectivity index (χ2v) is 10.1. The van der Waals surface area contributed by atoms with Gasteiger partial charge in [-0.3, -0.25) is 9.63 Å². The van der Waals surface area contributed by atoms with E-state index in [4.69, 9.17) is 9.57 Å². The predicted octanol–water partition coefficient (Wildman–Crippen LogP) is 7.95. The Bertz CT molecular complexity index is 497. The summed E-state index contributed by atoms with van der Waals surface area (Å²) in [5.74, 6) is -0.662. The summed E-state index contributed by atoms with van der Waals surface area (Å²) in [5.41, 5.74) is 0. The lowest BCUT2D eigenvalue weighted by Crippen LogP contribution is -2.46. The zero-order chi connectivity index (χ0) is 24.7. The lowest BCUT2D eigenvalue weighted by atomic mass is 10.1. The molecule has 200 valence electrons. The fraction of sp³-hybridized carbons (Fsp3) is 0.893. The molecular weight excluding hydrogens is 446 g/mol. The SMILES string of the molecule is CCCCCCCCCCCC/C=C\CCCCCCN(O[C@@H]1CCCCO1)C(CS)C(=O)O. The van der Waals surface area contributed by atoms with Gasteiger partial charge in [0.15, 0.2) is 6.29 Å². The van der Waals surface area contributed by atoms with Gasteiger partial charge in [0.2, 0.25) is 0 Å². The van der Waals surface area contributed by atoms with E-state index in [1.54, 1.807) is 5.06 Å². The van der Waals surface area contributed by atoms with Crippen LogP contribution in [-0.4, -0.2) is 47.4 Å². The summed E-state index contributed by atoms with van der Waals surface area (Å²) >= 11 is 4.22. The highest BCUT2D eigenvalue weighted by Gasteiger charge is 2.28. The van der Waals surface area contributed by atoms with Crippen molar-refractivity contribution in [3.63, 3.8) is 0 Å². The highest BCUT2D eigenvalue weighted by Crippen LogP contribution is 2.18. The first-order valence-electron chi connectivity index (χ1n) is 14.2. The Morgan fingerprint density at radius 1 is 0.941 bits per heavy atom. The lowest BCUT2D eigenvalue weighted by molar-refractivity contribution is -0.300. The molecule has 0 radical (unpaired) electrons. The minimum absolute atomic E-state index is 0.228. The molecule has 1 saturated heterocycles. The van der Waals surface area contributed by atoms with Gasteiger partial charge in [0.1, 0.15) is 6.04 Å². The number of hydroxylamine groups is 2. The van der Waals surface area contributed by atoms with Gasteiger partial charge in [-0.2, -0.15) is 17.7 Å². The quantitative estimate of drug-likeness (QED) is 0.0646. The van der Waals surface area contributed by atoms with Crippen molar-refractivity contribution in [2.24, 2.45) is 0 Å². The molecule has 1 rings (SSSR count). The van der Waals surface area contributed by atoms with Gasteiger partial charge in [-0.05, 0) is 44.9 Å². The zero-order valence-corrected chi connectivity index (χ0v) is 22.8. The van der Waals surface area contributed by atoms with Crippen molar-refractivity contribution in [2.45, 2.75) is 141 Å².